The summed E-state index contributed by atoms with van der Waals surface area (Å²) in [6, 6.07) is 15.6. The van der Waals surface area contributed by atoms with Crippen LogP contribution >= 0.6 is 11.6 Å². The zero-order chi connectivity index (χ0) is 19.2. The van der Waals surface area contributed by atoms with Gasteiger partial charge in [0.1, 0.15) is 0 Å². The molecule has 0 bridgehead atoms. The molecule has 1 aliphatic heterocycles. The van der Waals surface area contributed by atoms with Gasteiger partial charge < -0.3 is 5.32 Å². The SMILES string of the molecule is C[S@@](=O)Cc1cccc(C(=O)NC2CCN(Cc3ccc(Cl)cc3)CC2)c1. The molecule has 1 atom stereocenters. The fourth-order valence-electron chi connectivity index (χ4n) is 3.39. The summed E-state index contributed by atoms with van der Waals surface area (Å²) in [5, 5.41) is 3.91. The van der Waals surface area contributed by atoms with Crippen molar-refractivity contribution in [2.45, 2.75) is 31.2 Å². The first-order valence-electron chi connectivity index (χ1n) is 9.16. The third-order valence-electron chi connectivity index (χ3n) is 4.80. The number of nitrogens with zero attached hydrogens (tertiary/aromatic N) is 1. The normalized spacial score (nSPS) is 16.8. The van der Waals surface area contributed by atoms with E-state index in [0.29, 0.717) is 11.3 Å². The van der Waals surface area contributed by atoms with Crippen molar-refractivity contribution in [1.29, 1.82) is 0 Å². The highest BCUT2D eigenvalue weighted by Crippen LogP contribution is 2.16. The van der Waals surface area contributed by atoms with E-state index in [-0.39, 0.29) is 11.9 Å². The van der Waals surface area contributed by atoms with Crippen molar-refractivity contribution < 1.29 is 9.00 Å². The maximum Gasteiger partial charge on any atom is 0.251 e. The highest BCUT2D eigenvalue weighted by molar-refractivity contribution is 7.83. The summed E-state index contributed by atoms with van der Waals surface area (Å²) in [5.41, 5.74) is 2.83. The van der Waals surface area contributed by atoms with Gasteiger partial charge in [0.2, 0.25) is 0 Å². The van der Waals surface area contributed by atoms with Crippen molar-refractivity contribution in [2.75, 3.05) is 19.3 Å². The third-order valence-corrected chi connectivity index (χ3v) is 5.79. The first-order valence-corrected chi connectivity index (χ1v) is 11.3. The molecular formula is C21H25ClN2O2S. The summed E-state index contributed by atoms with van der Waals surface area (Å²) >= 11 is 5.94. The highest BCUT2D eigenvalue weighted by Gasteiger charge is 2.21. The molecule has 0 aromatic heterocycles. The summed E-state index contributed by atoms with van der Waals surface area (Å²) in [4.78, 5) is 14.9. The number of piperidine rings is 1. The molecule has 3 rings (SSSR count). The first kappa shape index (κ1) is 20.1. The molecule has 1 heterocycles. The minimum absolute atomic E-state index is 0.0464. The van der Waals surface area contributed by atoms with Crippen molar-refractivity contribution in [3.8, 4) is 0 Å². The molecule has 0 unspecified atom stereocenters. The molecule has 6 heteroatoms. The molecular weight excluding hydrogens is 380 g/mol. The molecule has 27 heavy (non-hydrogen) atoms. The minimum Gasteiger partial charge on any atom is -0.349 e. The average molecular weight is 405 g/mol. The Morgan fingerprint density at radius 1 is 1.15 bits per heavy atom. The Labute approximate surface area is 168 Å². The van der Waals surface area contributed by atoms with E-state index in [9.17, 15) is 9.00 Å². The van der Waals surface area contributed by atoms with Gasteiger partial charge in [-0.1, -0.05) is 35.9 Å². The van der Waals surface area contributed by atoms with E-state index in [1.54, 1.807) is 6.26 Å². The van der Waals surface area contributed by atoms with E-state index < -0.39 is 10.8 Å². The van der Waals surface area contributed by atoms with Gasteiger partial charge in [0.05, 0.1) is 0 Å². The zero-order valence-corrected chi connectivity index (χ0v) is 17.1. The zero-order valence-electron chi connectivity index (χ0n) is 15.5. The number of benzene rings is 2. The van der Waals surface area contributed by atoms with Crippen molar-refractivity contribution >= 4 is 28.3 Å². The molecule has 1 amide bonds. The molecule has 1 fully saturated rings. The van der Waals surface area contributed by atoms with Gasteiger partial charge >= 0.3 is 0 Å². The number of carbonyl (C=O) groups is 1. The molecule has 144 valence electrons. The average Bonchev–Trinajstić information content (AvgIpc) is 2.65. The second kappa shape index (κ2) is 9.49. The van der Waals surface area contributed by atoms with Gasteiger partial charge in [-0.15, -0.1) is 0 Å². The summed E-state index contributed by atoms with van der Waals surface area (Å²) in [5.74, 6) is 0.430. The van der Waals surface area contributed by atoms with E-state index in [1.165, 1.54) is 5.56 Å². The van der Waals surface area contributed by atoms with Crippen molar-refractivity contribution in [1.82, 2.24) is 10.2 Å². The third kappa shape index (κ3) is 6.16. The van der Waals surface area contributed by atoms with Crippen molar-refractivity contribution in [3.05, 3.63) is 70.2 Å². The van der Waals surface area contributed by atoms with E-state index in [0.717, 1.165) is 43.1 Å². The Balaban J connectivity index is 1.49. The number of hydrogen-bond donors (Lipinski definition) is 1. The summed E-state index contributed by atoms with van der Waals surface area (Å²) in [7, 11) is -0.911. The lowest BCUT2D eigenvalue weighted by atomic mass is 10.0. The van der Waals surface area contributed by atoms with Crippen LogP contribution in [0.3, 0.4) is 0 Å². The van der Waals surface area contributed by atoms with Crippen LogP contribution in [0.2, 0.25) is 5.02 Å². The number of rotatable bonds is 6. The number of amides is 1. The Morgan fingerprint density at radius 3 is 2.52 bits per heavy atom. The summed E-state index contributed by atoms with van der Waals surface area (Å²) in [6.07, 6.45) is 3.56. The largest absolute Gasteiger partial charge is 0.349 e. The smallest absolute Gasteiger partial charge is 0.251 e. The van der Waals surface area contributed by atoms with Gasteiger partial charge in [-0.05, 0) is 48.2 Å². The topological polar surface area (TPSA) is 49.4 Å². The Hall–Kier alpha value is -1.69. The van der Waals surface area contributed by atoms with Crippen LogP contribution in [0.5, 0.6) is 0 Å². The lowest BCUT2D eigenvalue weighted by Gasteiger charge is -2.32. The van der Waals surface area contributed by atoms with Gasteiger partial charge in [-0.25, -0.2) is 0 Å². The molecule has 2 aromatic rings. The monoisotopic (exact) mass is 404 g/mol. The van der Waals surface area contributed by atoms with Crippen LogP contribution in [0.15, 0.2) is 48.5 Å². The molecule has 1 saturated heterocycles. The fraction of sp³-hybridized carbons (Fsp3) is 0.381. The lowest BCUT2D eigenvalue weighted by Crippen LogP contribution is -2.44. The van der Waals surface area contributed by atoms with Crippen LogP contribution in [-0.2, 0) is 23.1 Å². The predicted molar refractivity (Wildman–Crippen MR) is 111 cm³/mol. The molecule has 0 saturated carbocycles. The maximum atomic E-state index is 12.5. The lowest BCUT2D eigenvalue weighted by molar-refractivity contribution is 0.0909. The Bertz CT molecular complexity index is 802. The summed E-state index contributed by atoms with van der Waals surface area (Å²) in [6.45, 7) is 2.83. The van der Waals surface area contributed by atoms with Crippen molar-refractivity contribution in [2.24, 2.45) is 0 Å². The molecule has 0 aliphatic carbocycles. The molecule has 1 N–H and O–H groups in total. The fourth-order valence-corrected chi connectivity index (χ4v) is 4.16. The van der Waals surface area contributed by atoms with E-state index in [4.69, 9.17) is 11.6 Å². The second-order valence-electron chi connectivity index (χ2n) is 7.07. The van der Waals surface area contributed by atoms with Crippen LogP contribution < -0.4 is 5.32 Å². The number of likely N-dealkylation sites (tertiary alicyclic amines) is 1. The Morgan fingerprint density at radius 2 is 1.85 bits per heavy atom. The van der Waals surface area contributed by atoms with Crippen LogP contribution in [0.4, 0.5) is 0 Å². The van der Waals surface area contributed by atoms with Gasteiger partial charge in [0.15, 0.2) is 0 Å². The highest BCUT2D eigenvalue weighted by atomic mass is 35.5. The van der Waals surface area contributed by atoms with Crippen LogP contribution in [0.1, 0.15) is 34.3 Å². The molecule has 1 aliphatic rings. The molecule has 4 nitrogen and oxygen atoms in total. The van der Waals surface area contributed by atoms with E-state index in [1.807, 2.05) is 36.4 Å². The number of nitrogens with one attached hydrogen (secondary N) is 1. The van der Waals surface area contributed by atoms with Gasteiger partial charge in [0.25, 0.3) is 5.91 Å². The van der Waals surface area contributed by atoms with Gasteiger partial charge in [-0.3, -0.25) is 13.9 Å². The van der Waals surface area contributed by atoms with Crippen molar-refractivity contribution in [3.63, 3.8) is 0 Å². The van der Waals surface area contributed by atoms with Crippen LogP contribution in [0, 0.1) is 0 Å². The van der Waals surface area contributed by atoms with Crippen LogP contribution in [0.25, 0.3) is 0 Å². The first-order chi connectivity index (χ1) is 13.0. The van der Waals surface area contributed by atoms with Gasteiger partial charge in [-0.2, -0.15) is 0 Å². The molecule has 0 spiro atoms. The number of carbonyl (C=O) groups excluding carboxylic acids is 1. The predicted octanol–water partition coefficient (Wildman–Crippen LogP) is 3.61. The molecule has 2 aromatic carbocycles. The second-order valence-corrected chi connectivity index (χ2v) is 8.94. The minimum atomic E-state index is -0.911. The number of hydrogen-bond acceptors (Lipinski definition) is 3. The van der Waals surface area contributed by atoms with Crippen LogP contribution in [-0.4, -0.2) is 40.4 Å². The quantitative estimate of drug-likeness (QED) is 0.800. The molecule has 0 radical (unpaired) electrons. The standard InChI is InChI=1S/C21H25ClN2O2S/c1-27(26)15-17-3-2-4-18(13-17)21(25)23-20-9-11-24(12-10-20)14-16-5-7-19(22)8-6-16/h2-8,13,20H,9-12,14-15H2,1H3,(H,23,25)/t27-/m1/s1. The van der Waals surface area contributed by atoms with Gasteiger partial charge in [0, 0.05) is 59.1 Å². The van der Waals surface area contributed by atoms with E-state index >= 15 is 0 Å². The summed E-state index contributed by atoms with van der Waals surface area (Å²) < 4.78 is 11.4. The van der Waals surface area contributed by atoms with E-state index in [2.05, 4.69) is 22.3 Å². The Kier molecular flexibility index (Phi) is 7.05. The maximum absolute atomic E-state index is 12.5. The number of halogens is 1.